The average molecular weight is 414 g/mol. The molecule has 0 bridgehead atoms. The van der Waals surface area contributed by atoms with E-state index in [1.165, 1.54) is 16.7 Å². The van der Waals surface area contributed by atoms with Crippen molar-refractivity contribution >= 4 is 10.9 Å². The van der Waals surface area contributed by atoms with Crippen LogP contribution in [0.2, 0.25) is 0 Å². The van der Waals surface area contributed by atoms with Crippen LogP contribution in [-0.4, -0.2) is 25.6 Å². The fraction of sp³-hybridized carbons (Fsp3) is 0.273. The first-order chi connectivity index (χ1) is 14.1. The van der Waals surface area contributed by atoms with Crippen molar-refractivity contribution in [3.63, 3.8) is 0 Å². The summed E-state index contributed by atoms with van der Waals surface area (Å²) in [5.41, 5.74) is 0.439. The normalized spacial score (nSPS) is 15.8. The maximum absolute atomic E-state index is 12.8. The van der Waals surface area contributed by atoms with Crippen LogP contribution >= 0.6 is 0 Å². The van der Waals surface area contributed by atoms with Gasteiger partial charge in [-0.2, -0.15) is 13.2 Å². The van der Waals surface area contributed by atoms with Crippen LogP contribution in [-0.2, 0) is 19.1 Å². The Morgan fingerprint density at radius 2 is 1.67 bits per heavy atom. The molecule has 1 aromatic heterocycles. The largest absolute Gasteiger partial charge is 0.416 e. The average Bonchev–Trinajstić information content (AvgIpc) is 2.84. The van der Waals surface area contributed by atoms with E-state index in [0.717, 1.165) is 12.1 Å². The second-order valence-corrected chi connectivity index (χ2v) is 7.27. The van der Waals surface area contributed by atoms with E-state index in [2.05, 4.69) is 16.8 Å². The number of hydrogen-bond acceptors (Lipinski definition) is 4. The van der Waals surface area contributed by atoms with Gasteiger partial charge in [-0.1, -0.05) is 11.8 Å². The number of fused-ring (bicyclic) bond motifs is 2. The maximum Gasteiger partial charge on any atom is 0.416 e. The molecule has 30 heavy (non-hydrogen) atoms. The van der Waals surface area contributed by atoms with E-state index in [0.29, 0.717) is 27.9 Å². The van der Waals surface area contributed by atoms with Crippen molar-refractivity contribution in [3.05, 3.63) is 75.3 Å². The van der Waals surface area contributed by atoms with Gasteiger partial charge in [0.1, 0.15) is 5.82 Å². The number of nitrogens with zero attached hydrogens (tertiary/aromatic N) is 2. The molecule has 2 heterocycles. The fourth-order valence-corrected chi connectivity index (χ4v) is 3.38. The van der Waals surface area contributed by atoms with Gasteiger partial charge in [0.15, 0.2) is 5.79 Å². The number of aryl methyl sites for hydroxylation is 1. The van der Waals surface area contributed by atoms with Crippen molar-refractivity contribution in [2.24, 2.45) is 0 Å². The van der Waals surface area contributed by atoms with Crippen LogP contribution in [0.15, 0.2) is 47.3 Å². The monoisotopic (exact) mass is 414 g/mol. The Morgan fingerprint density at radius 1 is 1.00 bits per heavy atom. The molecule has 0 unspecified atom stereocenters. The number of halogens is 3. The third kappa shape index (κ3) is 4.08. The summed E-state index contributed by atoms with van der Waals surface area (Å²) >= 11 is 0. The summed E-state index contributed by atoms with van der Waals surface area (Å²) in [6.45, 7) is 0.166. The van der Waals surface area contributed by atoms with Gasteiger partial charge in [0.2, 0.25) is 0 Å². The molecular weight excluding hydrogens is 397 g/mol. The highest BCUT2D eigenvalue weighted by Gasteiger charge is 2.30. The molecule has 0 fully saturated rings. The number of rotatable bonds is 0. The number of aliphatic hydroxyl groups is 2. The molecule has 0 amide bonds. The van der Waals surface area contributed by atoms with Crippen molar-refractivity contribution < 1.29 is 23.4 Å². The zero-order chi connectivity index (χ0) is 21.5. The van der Waals surface area contributed by atoms with Crippen LogP contribution in [0.25, 0.3) is 10.9 Å². The highest BCUT2D eigenvalue weighted by molar-refractivity contribution is 5.79. The van der Waals surface area contributed by atoms with Gasteiger partial charge in [0.25, 0.3) is 5.56 Å². The van der Waals surface area contributed by atoms with Crippen LogP contribution in [0, 0.1) is 11.8 Å². The second-order valence-electron chi connectivity index (χ2n) is 7.27. The Bertz CT molecular complexity index is 1230. The van der Waals surface area contributed by atoms with E-state index in [9.17, 15) is 28.2 Å². The van der Waals surface area contributed by atoms with Crippen molar-refractivity contribution in [3.8, 4) is 11.8 Å². The second kappa shape index (κ2) is 7.27. The van der Waals surface area contributed by atoms with Crippen LogP contribution in [0.3, 0.4) is 0 Å². The number of aromatic nitrogens is 2. The lowest BCUT2D eigenvalue weighted by atomic mass is 10.1. The van der Waals surface area contributed by atoms with Gasteiger partial charge in [0.05, 0.1) is 16.5 Å². The number of hydrogen-bond donors (Lipinski definition) is 2. The molecule has 154 valence electrons. The Balaban J connectivity index is 1.67. The molecule has 8 heteroatoms. The summed E-state index contributed by atoms with van der Waals surface area (Å²) in [6, 6.07) is 9.45. The van der Waals surface area contributed by atoms with Crippen molar-refractivity contribution in [2.45, 2.75) is 37.8 Å². The van der Waals surface area contributed by atoms with Gasteiger partial charge in [0, 0.05) is 36.9 Å². The Hall–Kier alpha value is -3.15. The van der Waals surface area contributed by atoms with Gasteiger partial charge < -0.3 is 10.2 Å². The lowest BCUT2D eigenvalue weighted by molar-refractivity contribution is -0.169. The van der Waals surface area contributed by atoms with Gasteiger partial charge in [-0.25, -0.2) is 4.98 Å². The molecule has 5 nitrogen and oxygen atoms in total. The zero-order valence-electron chi connectivity index (χ0n) is 15.7. The van der Waals surface area contributed by atoms with Crippen LogP contribution in [0.1, 0.15) is 35.4 Å². The standard InChI is InChI=1S/C22H17F3N2O3/c23-22(24,25)16-6-3-14(4-7-16)1-2-15-5-8-17-18(13-15)26-19-9-10-21(29,30)11-12-27(19)20(17)28/h3-8,13,29-30H,9-12H2. The highest BCUT2D eigenvalue weighted by atomic mass is 19.4. The van der Waals surface area contributed by atoms with Crippen LogP contribution in [0.5, 0.6) is 0 Å². The Kier molecular flexibility index (Phi) is 4.88. The predicted molar refractivity (Wildman–Crippen MR) is 104 cm³/mol. The van der Waals surface area contributed by atoms with Crippen molar-refractivity contribution in [1.82, 2.24) is 9.55 Å². The fourth-order valence-electron chi connectivity index (χ4n) is 3.38. The number of benzene rings is 2. The molecular formula is C22H17F3N2O3. The lowest BCUT2D eigenvalue weighted by Crippen LogP contribution is -2.29. The number of alkyl halides is 3. The Morgan fingerprint density at radius 3 is 2.37 bits per heavy atom. The third-order valence-corrected chi connectivity index (χ3v) is 5.08. The van der Waals surface area contributed by atoms with Crippen molar-refractivity contribution in [1.29, 1.82) is 0 Å². The van der Waals surface area contributed by atoms with Crippen molar-refractivity contribution in [2.75, 3.05) is 0 Å². The molecule has 0 spiro atoms. The molecule has 0 atom stereocenters. The lowest BCUT2D eigenvalue weighted by Gasteiger charge is -2.17. The van der Waals surface area contributed by atoms with E-state index in [-0.39, 0.29) is 31.4 Å². The summed E-state index contributed by atoms with van der Waals surface area (Å²) < 4.78 is 39.4. The molecule has 1 aliphatic heterocycles. The summed E-state index contributed by atoms with van der Waals surface area (Å²) in [6.07, 6.45) is -4.02. The third-order valence-electron chi connectivity index (χ3n) is 5.08. The van der Waals surface area contributed by atoms with E-state index in [1.807, 2.05) is 0 Å². The van der Waals surface area contributed by atoms with E-state index >= 15 is 0 Å². The molecule has 2 aromatic carbocycles. The summed E-state index contributed by atoms with van der Waals surface area (Å²) in [5.74, 6) is 4.33. The molecule has 3 aromatic rings. The molecule has 0 aliphatic carbocycles. The maximum atomic E-state index is 12.8. The SMILES string of the molecule is O=c1c2ccc(C#Cc3ccc(C(F)(F)F)cc3)cc2nc2n1CCC(O)(O)CC2. The molecule has 0 radical (unpaired) electrons. The minimum atomic E-state index is -4.40. The molecule has 2 N–H and O–H groups in total. The summed E-state index contributed by atoms with van der Waals surface area (Å²) in [4.78, 5) is 17.3. The summed E-state index contributed by atoms with van der Waals surface area (Å²) in [5, 5.41) is 20.1. The smallest absolute Gasteiger partial charge is 0.366 e. The van der Waals surface area contributed by atoms with Crippen LogP contribution in [0.4, 0.5) is 13.2 Å². The zero-order valence-corrected chi connectivity index (χ0v) is 15.7. The first-order valence-electron chi connectivity index (χ1n) is 9.30. The minimum absolute atomic E-state index is 0.0454. The van der Waals surface area contributed by atoms with E-state index < -0.39 is 17.5 Å². The Labute approximate surface area is 169 Å². The molecule has 0 saturated carbocycles. The quantitative estimate of drug-likeness (QED) is 0.438. The van der Waals surface area contributed by atoms with Crippen LogP contribution < -0.4 is 5.56 Å². The van der Waals surface area contributed by atoms with Gasteiger partial charge >= 0.3 is 6.18 Å². The molecule has 4 rings (SSSR count). The predicted octanol–water partition coefficient (Wildman–Crippen LogP) is 2.83. The van der Waals surface area contributed by atoms with Gasteiger partial charge in [-0.05, 0) is 42.5 Å². The first-order valence-corrected chi connectivity index (χ1v) is 9.30. The van der Waals surface area contributed by atoms with Gasteiger partial charge in [-0.3, -0.25) is 9.36 Å². The molecule has 0 saturated heterocycles. The minimum Gasteiger partial charge on any atom is -0.366 e. The summed E-state index contributed by atoms with van der Waals surface area (Å²) in [7, 11) is 0. The molecule has 1 aliphatic rings. The van der Waals surface area contributed by atoms with E-state index in [4.69, 9.17) is 0 Å². The van der Waals surface area contributed by atoms with Gasteiger partial charge in [-0.15, -0.1) is 0 Å². The first kappa shape index (κ1) is 20.1. The highest BCUT2D eigenvalue weighted by Crippen LogP contribution is 2.29. The topological polar surface area (TPSA) is 75.4 Å². The van der Waals surface area contributed by atoms with E-state index in [1.54, 1.807) is 18.2 Å².